The normalized spacial score (nSPS) is 15.5. The first-order valence-corrected chi connectivity index (χ1v) is 25.8. The van der Waals surface area contributed by atoms with Crippen LogP contribution in [-0.2, 0) is 32.7 Å². The third kappa shape index (κ3) is 43.3. The van der Waals surface area contributed by atoms with E-state index in [4.69, 9.17) is 18.5 Å². The first-order chi connectivity index (χ1) is 30.2. The number of rotatable bonds is 43. The van der Waals surface area contributed by atoms with Crippen LogP contribution < -0.4 is 4.89 Å². The molecule has 0 heterocycles. The van der Waals surface area contributed by atoms with Gasteiger partial charge in [-0.25, -0.2) is 0 Å². The van der Waals surface area contributed by atoms with Crippen molar-refractivity contribution in [1.82, 2.24) is 0 Å². The third-order valence-corrected chi connectivity index (χ3v) is 11.4. The first-order valence-electron chi connectivity index (χ1n) is 24.3. The summed E-state index contributed by atoms with van der Waals surface area (Å²) in [6.45, 7) is 3.65. The van der Waals surface area contributed by atoms with Gasteiger partial charge in [0.05, 0.1) is 46.1 Å². The molecule has 0 aromatic rings. The smallest absolute Gasteiger partial charge is 0.306 e. The van der Waals surface area contributed by atoms with Gasteiger partial charge in [0.1, 0.15) is 19.8 Å². The van der Waals surface area contributed by atoms with Crippen molar-refractivity contribution >= 4 is 19.8 Å². The van der Waals surface area contributed by atoms with Crippen LogP contribution in [0.1, 0.15) is 174 Å². The second-order valence-electron chi connectivity index (χ2n) is 17.7. The van der Waals surface area contributed by atoms with Gasteiger partial charge in [0, 0.05) is 12.8 Å². The molecule has 0 bridgehead atoms. The van der Waals surface area contributed by atoms with Gasteiger partial charge in [0.25, 0.3) is 7.82 Å². The van der Waals surface area contributed by atoms with Gasteiger partial charge in [-0.2, -0.15) is 0 Å². The summed E-state index contributed by atoms with van der Waals surface area (Å²) in [5.74, 6) is -1.16. The van der Waals surface area contributed by atoms with Crippen LogP contribution in [0.4, 0.5) is 0 Å². The number of nitrogens with zero attached hydrogens (tertiary/aromatic N) is 1. The Hall–Kier alpha value is -2.41. The van der Waals surface area contributed by atoms with Crippen molar-refractivity contribution in [2.75, 3.05) is 47.5 Å². The first kappa shape index (κ1) is 60.6. The van der Waals surface area contributed by atoms with E-state index >= 15 is 0 Å². The number of allylic oxidation sites excluding steroid dienone is 7. The number of carbonyl (C=O) groups excluding carboxylic acids is 2. The number of aliphatic hydroxyl groups is 3. The van der Waals surface area contributed by atoms with Gasteiger partial charge < -0.3 is 43.2 Å². The fourth-order valence-corrected chi connectivity index (χ4v) is 7.20. The number of unbranched alkanes of at least 4 members (excludes halogenated alkanes) is 18. The molecule has 0 aromatic heterocycles. The van der Waals surface area contributed by atoms with Crippen LogP contribution in [0.2, 0.25) is 0 Å². The SMILES string of the molecule is CC/C=C\C[C@@H](O)/C=C/C=C/C=C\C=C/[C@H](O)[C@@H](O)CCCC(=O)OC[C@H](COP(=O)([O-])OCC[N+](C)(C)C)OC(=O)CCCCCCCCCCCCCCCCCCCCC. The molecule has 13 heteroatoms. The Labute approximate surface area is 383 Å². The molecule has 0 saturated carbocycles. The van der Waals surface area contributed by atoms with E-state index in [1.54, 1.807) is 42.5 Å². The Bertz CT molecular complexity index is 1310. The fourth-order valence-electron chi connectivity index (χ4n) is 6.47. The topological polar surface area (TPSA) is 172 Å². The highest BCUT2D eigenvalue weighted by molar-refractivity contribution is 7.45. The second-order valence-corrected chi connectivity index (χ2v) is 19.1. The highest BCUT2D eigenvalue weighted by Gasteiger charge is 2.22. The molecule has 63 heavy (non-hydrogen) atoms. The number of quaternary nitrogens is 1. The molecule has 0 aromatic carbocycles. The van der Waals surface area contributed by atoms with Crippen LogP contribution in [0.3, 0.4) is 0 Å². The number of hydrogen-bond donors (Lipinski definition) is 3. The van der Waals surface area contributed by atoms with Crippen molar-refractivity contribution in [2.24, 2.45) is 0 Å². The monoisotopic (exact) mass is 912 g/mol. The number of esters is 2. The third-order valence-electron chi connectivity index (χ3n) is 10.4. The summed E-state index contributed by atoms with van der Waals surface area (Å²) in [5.41, 5.74) is 0. The Balaban J connectivity index is 4.57. The van der Waals surface area contributed by atoms with E-state index in [0.717, 1.165) is 25.7 Å². The van der Waals surface area contributed by atoms with Crippen LogP contribution in [-0.4, -0.2) is 104 Å². The van der Waals surface area contributed by atoms with Crippen LogP contribution in [0.25, 0.3) is 0 Å². The lowest BCUT2D eigenvalue weighted by atomic mass is 10.0. The summed E-state index contributed by atoms with van der Waals surface area (Å²) in [4.78, 5) is 37.7. The molecule has 0 amide bonds. The number of phosphoric acid groups is 1. The average Bonchev–Trinajstić information content (AvgIpc) is 3.23. The van der Waals surface area contributed by atoms with Crippen LogP contribution in [0, 0.1) is 0 Å². The van der Waals surface area contributed by atoms with Gasteiger partial charge in [-0.05, 0) is 32.1 Å². The van der Waals surface area contributed by atoms with Crippen LogP contribution >= 0.6 is 7.82 Å². The number of ether oxygens (including phenoxy) is 2. The summed E-state index contributed by atoms with van der Waals surface area (Å²) < 4.78 is 33.7. The highest BCUT2D eigenvalue weighted by atomic mass is 31.2. The minimum Gasteiger partial charge on any atom is -0.756 e. The lowest BCUT2D eigenvalue weighted by Gasteiger charge is -2.28. The number of aliphatic hydroxyl groups excluding tert-OH is 3. The molecule has 0 radical (unpaired) electrons. The summed E-state index contributed by atoms with van der Waals surface area (Å²) in [5, 5.41) is 30.5. The largest absolute Gasteiger partial charge is 0.756 e. The van der Waals surface area contributed by atoms with Crippen LogP contribution in [0.5, 0.6) is 0 Å². The fraction of sp³-hybridized carbons (Fsp3) is 0.760. The van der Waals surface area contributed by atoms with Gasteiger partial charge in [0.15, 0.2) is 6.10 Å². The number of phosphoric ester groups is 1. The summed E-state index contributed by atoms with van der Waals surface area (Å²) >= 11 is 0. The summed E-state index contributed by atoms with van der Waals surface area (Å²) in [6, 6.07) is 0. The minimum absolute atomic E-state index is 0.0790. The quantitative estimate of drug-likeness (QED) is 0.0133. The van der Waals surface area contributed by atoms with Gasteiger partial charge in [0.2, 0.25) is 0 Å². The molecule has 0 aliphatic heterocycles. The molecule has 0 aliphatic rings. The molecule has 0 spiro atoms. The lowest BCUT2D eigenvalue weighted by molar-refractivity contribution is -0.870. The van der Waals surface area contributed by atoms with Gasteiger partial charge in [-0.15, -0.1) is 0 Å². The number of carbonyl (C=O) groups is 2. The molecule has 5 atom stereocenters. The van der Waals surface area contributed by atoms with Crippen molar-refractivity contribution in [1.29, 1.82) is 0 Å². The van der Waals surface area contributed by atoms with E-state index in [0.29, 0.717) is 23.9 Å². The zero-order chi connectivity index (χ0) is 46.9. The molecule has 0 rings (SSSR count). The predicted octanol–water partition coefficient (Wildman–Crippen LogP) is 10.3. The predicted molar refractivity (Wildman–Crippen MR) is 254 cm³/mol. The lowest BCUT2D eigenvalue weighted by Crippen LogP contribution is -2.37. The molecule has 0 aliphatic carbocycles. The standard InChI is InChI=1S/C50H90NO11P/c1-6-8-10-11-12-13-14-15-16-17-18-19-20-21-22-23-24-29-33-39-50(56)62-46(44-61-63(57,58)60-42-41-51(3,4)5)43-59-49(55)40-34-38-48(54)47(53)37-32-28-26-25-27-31-36-45(52)35-30-9-7-2/h9,25-28,30-32,36-37,45-48,52-54H,6-8,10-24,29,33-35,38-44H2,1-5H3/b27-25+,28-26-,30-9-,36-31+,37-32-/t45-,46-,47+,48+/m1/s1. The van der Waals surface area contributed by atoms with E-state index < -0.39 is 57.4 Å². The molecule has 1 unspecified atom stereocenters. The Kier molecular flexibility index (Phi) is 39.5. The summed E-state index contributed by atoms with van der Waals surface area (Å²) in [7, 11) is 0.973. The highest BCUT2D eigenvalue weighted by Crippen LogP contribution is 2.38. The Morgan fingerprint density at radius 2 is 1.11 bits per heavy atom. The maximum Gasteiger partial charge on any atom is 0.306 e. The van der Waals surface area contributed by atoms with Gasteiger partial charge in [-0.3, -0.25) is 14.2 Å². The molecular formula is C50H90NO11P. The average molecular weight is 912 g/mol. The molecular weight excluding hydrogens is 822 g/mol. The minimum atomic E-state index is -4.71. The molecule has 12 nitrogen and oxygen atoms in total. The van der Waals surface area contributed by atoms with Crippen molar-refractivity contribution in [2.45, 2.75) is 199 Å². The molecule has 3 N–H and O–H groups in total. The zero-order valence-electron chi connectivity index (χ0n) is 40.1. The van der Waals surface area contributed by atoms with E-state index in [1.807, 2.05) is 40.2 Å². The van der Waals surface area contributed by atoms with Crippen LogP contribution in [0.15, 0.2) is 60.8 Å². The van der Waals surface area contributed by atoms with E-state index in [9.17, 15) is 34.4 Å². The maximum atomic E-state index is 12.7. The van der Waals surface area contributed by atoms with Crippen molar-refractivity contribution in [3.63, 3.8) is 0 Å². The van der Waals surface area contributed by atoms with E-state index in [-0.39, 0.29) is 32.3 Å². The number of hydrogen-bond acceptors (Lipinski definition) is 11. The summed E-state index contributed by atoms with van der Waals surface area (Å²) in [6.07, 6.45) is 39.1. The van der Waals surface area contributed by atoms with E-state index in [2.05, 4.69) is 6.92 Å². The Morgan fingerprint density at radius 1 is 0.619 bits per heavy atom. The molecule has 0 saturated heterocycles. The van der Waals surface area contributed by atoms with Crippen molar-refractivity contribution < 1.29 is 57.4 Å². The van der Waals surface area contributed by atoms with E-state index in [1.165, 1.54) is 102 Å². The van der Waals surface area contributed by atoms with Crippen molar-refractivity contribution in [3.05, 3.63) is 60.8 Å². The zero-order valence-corrected chi connectivity index (χ0v) is 41.0. The number of likely N-dealkylation sites (N-methyl/N-ethyl adjacent to an activating group) is 1. The van der Waals surface area contributed by atoms with Crippen molar-refractivity contribution in [3.8, 4) is 0 Å². The second kappa shape index (κ2) is 41.1. The maximum absolute atomic E-state index is 12.7. The molecule has 366 valence electrons. The van der Waals surface area contributed by atoms with Gasteiger partial charge >= 0.3 is 11.9 Å². The molecule has 0 fully saturated rings. The Morgan fingerprint density at radius 3 is 1.63 bits per heavy atom. The van der Waals surface area contributed by atoms with Gasteiger partial charge in [-0.1, -0.05) is 190 Å².